The smallest absolute Gasteiger partial charge is 0.120 e. The first-order valence-corrected chi connectivity index (χ1v) is 5.59. The van der Waals surface area contributed by atoms with E-state index < -0.39 is 0 Å². The second-order valence-corrected chi connectivity index (χ2v) is 4.04. The molecule has 0 bridgehead atoms. The van der Waals surface area contributed by atoms with Crippen LogP contribution in [0.25, 0.3) is 0 Å². The standard InChI is InChI=1S/C11H14N4S/c12-11(16)10-3-1-6-15(10)7-2-5-14-8-4-13-9-14/h1,3-4,6,8-9H,2,5,7H2,(H2,12,16). The summed E-state index contributed by atoms with van der Waals surface area (Å²) in [4.78, 5) is 4.45. The average molecular weight is 234 g/mol. The highest BCUT2D eigenvalue weighted by molar-refractivity contribution is 7.80. The van der Waals surface area contributed by atoms with E-state index >= 15 is 0 Å². The molecule has 0 radical (unpaired) electrons. The maximum absolute atomic E-state index is 5.62. The fraction of sp³-hybridized carbons (Fsp3) is 0.273. The summed E-state index contributed by atoms with van der Waals surface area (Å²) in [7, 11) is 0. The summed E-state index contributed by atoms with van der Waals surface area (Å²) in [5.41, 5.74) is 6.55. The monoisotopic (exact) mass is 234 g/mol. The van der Waals surface area contributed by atoms with Crippen molar-refractivity contribution in [1.82, 2.24) is 14.1 Å². The Balaban J connectivity index is 1.90. The van der Waals surface area contributed by atoms with Crippen LogP contribution in [0, 0.1) is 0 Å². The molecule has 0 aromatic carbocycles. The first-order chi connectivity index (χ1) is 7.77. The minimum atomic E-state index is 0.452. The summed E-state index contributed by atoms with van der Waals surface area (Å²) >= 11 is 4.98. The van der Waals surface area contributed by atoms with Gasteiger partial charge in [0, 0.05) is 31.7 Å². The number of hydrogen-bond donors (Lipinski definition) is 1. The van der Waals surface area contributed by atoms with Crippen LogP contribution in [0.3, 0.4) is 0 Å². The second kappa shape index (κ2) is 4.94. The van der Waals surface area contributed by atoms with E-state index in [1.54, 1.807) is 6.20 Å². The molecule has 0 fully saturated rings. The van der Waals surface area contributed by atoms with Gasteiger partial charge in [-0.3, -0.25) is 0 Å². The van der Waals surface area contributed by atoms with Crippen LogP contribution in [0.15, 0.2) is 37.1 Å². The molecule has 2 heterocycles. The molecule has 0 aliphatic rings. The Bertz CT molecular complexity index is 458. The fourth-order valence-corrected chi connectivity index (χ4v) is 1.86. The van der Waals surface area contributed by atoms with Crippen molar-refractivity contribution in [3.8, 4) is 0 Å². The number of aryl methyl sites for hydroxylation is 2. The zero-order valence-corrected chi connectivity index (χ0v) is 9.73. The highest BCUT2D eigenvalue weighted by Crippen LogP contribution is 2.04. The Morgan fingerprint density at radius 2 is 2.25 bits per heavy atom. The molecule has 0 spiro atoms. The molecular weight excluding hydrogens is 220 g/mol. The van der Waals surface area contributed by atoms with Crippen LogP contribution in [0.5, 0.6) is 0 Å². The summed E-state index contributed by atoms with van der Waals surface area (Å²) in [6, 6.07) is 3.91. The Kier molecular flexibility index (Phi) is 3.36. The van der Waals surface area contributed by atoms with Crippen molar-refractivity contribution in [3.63, 3.8) is 0 Å². The van der Waals surface area contributed by atoms with Crippen LogP contribution >= 0.6 is 12.2 Å². The van der Waals surface area contributed by atoms with Crippen molar-refractivity contribution in [1.29, 1.82) is 0 Å². The van der Waals surface area contributed by atoms with Gasteiger partial charge in [0.2, 0.25) is 0 Å². The third-order valence-electron chi connectivity index (χ3n) is 2.46. The summed E-state index contributed by atoms with van der Waals surface area (Å²) in [6.07, 6.45) is 8.60. The van der Waals surface area contributed by atoms with E-state index in [4.69, 9.17) is 18.0 Å². The van der Waals surface area contributed by atoms with Gasteiger partial charge in [-0.15, -0.1) is 0 Å². The maximum Gasteiger partial charge on any atom is 0.120 e. The Morgan fingerprint density at radius 1 is 1.38 bits per heavy atom. The predicted octanol–water partition coefficient (Wildman–Crippen LogP) is 1.41. The molecule has 0 saturated heterocycles. The van der Waals surface area contributed by atoms with Crippen LogP contribution in [0.4, 0.5) is 0 Å². The second-order valence-electron chi connectivity index (χ2n) is 3.61. The van der Waals surface area contributed by atoms with E-state index in [1.165, 1.54) is 0 Å². The van der Waals surface area contributed by atoms with Gasteiger partial charge in [0.1, 0.15) is 4.99 Å². The lowest BCUT2D eigenvalue weighted by Crippen LogP contribution is -2.15. The highest BCUT2D eigenvalue weighted by Gasteiger charge is 2.02. The van der Waals surface area contributed by atoms with E-state index in [0.29, 0.717) is 4.99 Å². The predicted molar refractivity (Wildman–Crippen MR) is 67.2 cm³/mol. The van der Waals surface area contributed by atoms with Crippen molar-refractivity contribution in [3.05, 3.63) is 42.7 Å². The van der Waals surface area contributed by atoms with Gasteiger partial charge in [-0.2, -0.15) is 0 Å². The molecule has 0 aliphatic carbocycles. The number of imidazole rings is 1. The molecule has 2 aromatic heterocycles. The van der Waals surface area contributed by atoms with Crippen molar-refractivity contribution in [2.45, 2.75) is 19.5 Å². The van der Waals surface area contributed by atoms with Crippen molar-refractivity contribution in [2.75, 3.05) is 0 Å². The molecule has 0 amide bonds. The first-order valence-electron chi connectivity index (χ1n) is 5.18. The van der Waals surface area contributed by atoms with Gasteiger partial charge < -0.3 is 14.9 Å². The molecule has 2 N–H and O–H groups in total. The van der Waals surface area contributed by atoms with E-state index in [2.05, 4.69) is 14.1 Å². The van der Waals surface area contributed by atoms with Crippen LogP contribution in [0.2, 0.25) is 0 Å². The van der Waals surface area contributed by atoms with Crippen LogP contribution in [-0.4, -0.2) is 19.1 Å². The summed E-state index contributed by atoms with van der Waals surface area (Å²) in [5.74, 6) is 0. The number of aromatic nitrogens is 3. The minimum absolute atomic E-state index is 0.452. The average Bonchev–Trinajstić information content (AvgIpc) is 2.87. The normalized spacial score (nSPS) is 10.5. The summed E-state index contributed by atoms with van der Waals surface area (Å²) in [5, 5.41) is 0. The van der Waals surface area contributed by atoms with E-state index in [9.17, 15) is 0 Å². The van der Waals surface area contributed by atoms with Gasteiger partial charge in [0.15, 0.2) is 0 Å². The fourth-order valence-electron chi connectivity index (χ4n) is 1.68. The van der Waals surface area contributed by atoms with Gasteiger partial charge >= 0.3 is 0 Å². The zero-order valence-electron chi connectivity index (χ0n) is 8.91. The van der Waals surface area contributed by atoms with Gasteiger partial charge in [-0.05, 0) is 18.6 Å². The van der Waals surface area contributed by atoms with Crippen molar-refractivity contribution in [2.24, 2.45) is 5.73 Å². The summed E-state index contributed by atoms with van der Waals surface area (Å²) in [6.45, 7) is 1.87. The molecular formula is C11H14N4S. The molecule has 0 atom stereocenters. The molecule has 0 aliphatic heterocycles. The topological polar surface area (TPSA) is 48.8 Å². The quantitative estimate of drug-likeness (QED) is 0.796. The van der Waals surface area contributed by atoms with E-state index in [1.807, 2.05) is 30.9 Å². The molecule has 0 unspecified atom stereocenters. The van der Waals surface area contributed by atoms with Gasteiger partial charge in [-0.25, -0.2) is 4.98 Å². The lowest BCUT2D eigenvalue weighted by Gasteiger charge is -2.08. The zero-order chi connectivity index (χ0) is 11.4. The largest absolute Gasteiger partial charge is 0.388 e. The molecule has 16 heavy (non-hydrogen) atoms. The Labute approximate surface area is 99.7 Å². The number of rotatable bonds is 5. The molecule has 0 saturated carbocycles. The molecule has 4 nitrogen and oxygen atoms in total. The lowest BCUT2D eigenvalue weighted by atomic mass is 10.4. The highest BCUT2D eigenvalue weighted by atomic mass is 32.1. The van der Waals surface area contributed by atoms with Gasteiger partial charge in [0.05, 0.1) is 12.0 Å². The third kappa shape index (κ3) is 2.49. The number of nitrogens with two attached hydrogens (primary N) is 1. The number of hydrogen-bond acceptors (Lipinski definition) is 2. The molecule has 2 rings (SSSR count). The van der Waals surface area contributed by atoms with E-state index in [-0.39, 0.29) is 0 Å². The SMILES string of the molecule is NC(=S)c1cccn1CCCn1ccnc1. The van der Waals surface area contributed by atoms with Crippen LogP contribution < -0.4 is 5.73 Å². The van der Waals surface area contributed by atoms with Gasteiger partial charge in [-0.1, -0.05) is 12.2 Å². The molecule has 84 valence electrons. The Hall–Kier alpha value is -1.62. The lowest BCUT2D eigenvalue weighted by molar-refractivity contribution is 0.563. The first kappa shape index (κ1) is 10.9. The Morgan fingerprint density at radius 3 is 2.94 bits per heavy atom. The third-order valence-corrected chi connectivity index (χ3v) is 2.67. The maximum atomic E-state index is 5.62. The van der Waals surface area contributed by atoms with Crippen LogP contribution in [0.1, 0.15) is 12.1 Å². The van der Waals surface area contributed by atoms with Crippen LogP contribution in [-0.2, 0) is 13.1 Å². The molecule has 5 heteroatoms. The summed E-state index contributed by atoms with van der Waals surface area (Å²) < 4.78 is 4.14. The van der Waals surface area contributed by atoms with Crippen molar-refractivity contribution < 1.29 is 0 Å². The van der Waals surface area contributed by atoms with Gasteiger partial charge in [0.25, 0.3) is 0 Å². The van der Waals surface area contributed by atoms with Crippen molar-refractivity contribution >= 4 is 17.2 Å². The van der Waals surface area contributed by atoms with E-state index in [0.717, 1.165) is 25.2 Å². The number of thiocarbonyl (C=S) groups is 1. The minimum Gasteiger partial charge on any atom is -0.388 e. The molecule has 2 aromatic rings. The number of nitrogens with zero attached hydrogens (tertiary/aromatic N) is 3.